The maximum Gasteiger partial charge on any atom is 0.223 e. The second kappa shape index (κ2) is 8.95. The predicted molar refractivity (Wildman–Crippen MR) is 109 cm³/mol. The number of carbonyl (C=O) groups excluding carboxylic acids is 1. The van der Waals surface area contributed by atoms with Gasteiger partial charge in [-0.25, -0.2) is 4.98 Å². The van der Waals surface area contributed by atoms with Crippen LogP contribution in [0, 0.1) is 11.3 Å². The first-order valence-electron chi connectivity index (χ1n) is 11.2. The number of nitrogens with zero attached hydrogens (tertiary/aromatic N) is 3. The van der Waals surface area contributed by atoms with Crippen LogP contribution in [0.3, 0.4) is 0 Å². The molecular weight excluding hydrogens is 352 g/mol. The fourth-order valence-corrected chi connectivity index (χ4v) is 5.42. The molecule has 1 N–H and O–H groups in total. The summed E-state index contributed by atoms with van der Waals surface area (Å²) < 4.78 is 5.13. The number of H-pyrrole nitrogens is 1. The number of aromatic amines is 1. The zero-order valence-electron chi connectivity index (χ0n) is 17.4. The number of aromatic nitrogens is 2. The first-order chi connectivity index (χ1) is 13.7. The summed E-state index contributed by atoms with van der Waals surface area (Å²) in [6.07, 6.45) is 12.6. The van der Waals surface area contributed by atoms with Crippen molar-refractivity contribution in [1.82, 2.24) is 19.8 Å². The van der Waals surface area contributed by atoms with Crippen molar-refractivity contribution in [2.24, 2.45) is 11.3 Å². The molecule has 2 saturated heterocycles. The Labute approximate surface area is 169 Å². The molecule has 0 aromatic carbocycles. The van der Waals surface area contributed by atoms with Crippen LogP contribution >= 0.6 is 0 Å². The number of hydrogen-bond donors (Lipinski definition) is 1. The Balaban J connectivity index is 1.23. The summed E-state index contributed by atoms with van der Waals surface area (Å²) in [5.74, 6) is 2.35. The lowest BCUT2D eigenvalue weighted by Crippen LogP contribution is -2.41. The van der Waals surface area contributed by atoms with E-state index in [1.165, 1.54) is 37.2 Å². The van der Waals surface area contributed by atoms with Crippen LogP contribution in [0.5, 0.6) is 0 Å². The fourth-order valence-electron chi connectivity index (χ4n) is 5.42. The largest absolute Gasteiger partial charge is 0.385 e. The lowest BCUT2D eigenvalue weighted by Gasteiger charge is -2.38. The molecule has 1 saturated carbocycles. The quantitative estimate of drug-likeness (QED) is 0.696. The van der Waals surface area contributed by atoms with Crippen molar-refractivity contribution in [2.75, 3.05) is 39.9 Å². The Morgan fingerprint density at radius 1 is 1.29 bits per heavy atom. The molecule has 1 aromatic heterocycles. The SMILES string of the molecule is COCCCN1CC2(CCN(Cc3cnc(CC4CCCC4)[nH]3)CC2)CC1=O. The second-order valence-electron chi connectivity index (χ2n) is 9.32. The van der Waals surface area contributed by atoms with Crippen LogP contribution in [0.2, 0.25) is 0 Å². The third-order valence-corrected chi connectivity index (χ3v) is 7.13. The van der Waals surface area contributed by atoms with Crippen molar-refractivity contribution < 1.29 is 9.53 Å². The smallest absolute Gasteiger partial charge is 0.223 e. The van der Waals surface area contributed by atoms with Gasteiger partial charge in [0.1, 0.15) is 5.82 Å². The van der Waals surface area contributed by atoms with E-state index in [0.717, 1.165) is 77.4 Å². The predicted octanol–water partition coefficient (Wildman–Crippen LogP) is 2.99. The van der Waals surface area contributed by atoms with Crippen LogP contribution in [-0.2, 0) is 22.5 Å². The lowest BCUT2D eigenvalue weighted by molar-refractivity contribution is -0.128. The second-order valence-corrected chi connectivity index (χ2v) is 9.32. The van der Waals surface area contributed by atoms with Crippen LogP contribution in [0.1, 0.15) is 62.9 Å². The van der Waals surface area contributed by atoms with E-state index in [4.69, 9.17) is 4.74 Å². The molecule has 3 fully saturated rings. The van der Waals surface area contributed by atoms with Crippen LogP contribution in [0.4, 0.5) is 0 Å². The summed E-state index contributed by atoms with van der Waals surface area (Å²) in [7, 11) is 1.72. The minimum absolute atomic E-state index is 0.211. The summed E-state index contributed by atoms with van der Waals surface area (Å²) in [5, 5.41) is 0. The summed E-state index contributed by atoms with van der Waals surface area (Å²) in [6, 6.07) is 0. The van der Waals surface area contributed by atoms with Crippen molar-refractivity contribution in [2.45, 2.75) is 64.3 Å². The molecule has 3 aliphatic rings. The average Bonchev–Trinajstić information content (AvgIpc) is 3.41. The molecule has 1 aromatic rings. The number of nitrogens with one attached hydrogen (secondary N) is 1. The summed E-state index contributed by atoms with van der Waals surface area (Å²) in [6.45, 7) is 5.64. The van der Waals surface area contributed by atoms with Crippen molar-refractivity contribution in [3.05, 3.63) is 17.7 Å². The number of ether oxygens (including phenoxy) is 1. The van der Waals surface area contributed by atoms with E-state index in [1.54, 1.807) is 7.11 Å². The van der Waals surface area contributed by atoms with Gasteiger partial charge in [0, 0.05) is 58.1 Å². The van der Waals surface area contributed by atoms with Gasteiger partial charge >= 0.3 is 0 Å². The number of likely N-dealkylation sites (tertiary alicyclic amines) is 2. The van der Waals surface area contributed by atoms with E-state index >= 15 is 0 Å². The average molecular weight is 389 g/mol. The molecule has 0 atom stereocenters. The molecule has 0 radical (unpaired) electrons. The van der Waals surface area contributed by atoms with Gasteiger partial charge in [-0.2, -0.15) is 0 Å². The van der Waals surface area contributed by atoms with Crippen LogP contribution in [0.15, 0.2) is 6.20 Å². The molecule has 1 amide bonds. The lowest BCUT2D eigenvalue weighted by atomic mass is 9.77. The molecule has 28 heavy (non-hydrogen) atoms. The number of imidazole rings is 1. The molecule has 6 heteroatoms. The number of hydrogen-bond acceptors (Lipinski definition) is 4. The molecule has 0 bridgehead atoms. The monoisotopic (exact) mass is 388 g/mol. The van der Waals surface area contributed by atoms with E-state index in [9.17, 15) is 4.79 Å². The van der Waals surface area contributed by atoms with E-state index in [0.29, 0.717) is 5.91 Å². The van der Waals surface area contributed by atoms with Gasteiger partial charge in [-0.1, -0.05) is 25.7 Å². The molecular formula is C22H36N4O2. The maximum absolute atomic E-state index is 12.4. The van der Waals surface area contributed by atoms with Gasteiger partial charge in [0.2, 0.25) is 5.91 Å². The zero-order chi connectivity index (χ0) is 19.4. The number of carbonyl (C=O) groups is 1. The summed E-state index contributed by atoms with van der Waals surface area (Å²) >= 11 is 0. The van der Waals surface area contributed by atoms with Gasteiger partial charge in [0.05, 0.1) is 0 Å². The van der Waals surface area contributed by atoms with Crippen LogP contribution in [-0.4, -0.2) is 65.6 Å². The van der Waals surface area contributed by atoms with E-state index in [1.807, 2.05) is 6.20 Å². The first kappa shape index (κ1) is 19.9. The number of piperidine rings is 1. The Morgan fingerprint density at radius 2 is 2.07 bits per heavy atom. The van der Waals surface area contributed by atoms with Crippen molar-refractivity contribution in [3.8, 4) is 0 Å². The standard InChI is InChI=1S/C22H36N4O2/c1-28-12-4-9-26-17-22(14-21(26)27)7-10-25(11-8-22)16-19-15-23-20(24-19)13-18-5-2-3-6-18/h15,18H,2-14,16-17H2,1H3,(H,23,24). The number of amides is 1. The molecule has 1 spiro atoms. The van der Waals surface area contributed by atoms with Crippen molar-refractivity contribution >= 4 is 5.91 Å². The molecule has 4 rings (SSSR count). The van der Waals surface area contributed by atoms with Gasteiger partial charge in [-0.3, -0.25) is 9.69 Å². The van der Waals surface area contributed by atoms with E-state index in [-0.39, 0.29) is 5.41 Å². The molecule has 156 valence electrons. The molecule has 3 heterocycles. The zero-order valence-corrected chi connectivity index (χ0v) is 17.4. The Morgan fingerprint density at radius 3 is 2.82 bits per heavy atom. The normalized spacial score (nSPS) is 23.3. The minimum Gasteiger partial charge on any atom is -0.385 e. The number of rotatable bonds is 8. The highest BCUT2D eigenvalue weighted by molar-refractivity contribution is 5.79. The molecule has 1 aliphatic carbocycles. The Hall–Kier alpha value is -1.40. The van der Waals surface area contributed by atoms with Crippen molar-refractivity contribution in [1.29, 1.82) is 0 Å². The van der Waals surface area contributed by atoms with Gasteiger partial charge in [-0.15, -0.1) is 0 Å². The molecule has 2 aliphatic heterocycles. The third kappa shape index (κ3) is 4.77. The third-order valence-electron chi connectivity index (χ3n) is 7.13. The van der Waals surface area contributed by atoms with Gasteiger partial charge in [0.15, 0.2) is 0 Å². The molecule has 6 nitrogen and oxygen atoms in total. The highest BCUT2D eigenvalue weighted by Crippen LogP contribution is 2.41. The van der Waals surface area contributed by atoms with Gasteiger partial charge in [0.25, 0.3) is 0 Å². The Kier molecular flexibility index (Phi) is 6.36. The summed E-state index contributed by atoms with van der Waals surface area (Å²) in [4.78, 5) is 25.2. The van der Waals surface area contributed by atoms with Gasteiger partial charge < -0.3 is 14.6 Å². The van der Waals surface area contributed by atoms with Gasteiger partial charge in [-0.05, 0) is 43.7 Å². The number of methoxy groups -OCH3 is 1. The molecule has 0 unspecified atom stereocenters. The van der Waals surface area contributed by atoms with Crippen LogP contribution in [0.25, 0.3) is 0 Å². The van der Waals surface area contributed by atoms with E-state index < -0.39 is 0 Å². The first-order valence-corrected chi connectivity index (χ1v) is 11.2. The highest BCUT2D eigenvalue weighted by Gasteiger charge is 2.44. The van der Waals surface area contributed by atoms with E-state index in [2.05, 4.69) is 19.8 Å². The fraction of sp³-hybridized carbons (Fsp3) is 0.818. The Bertz CT molecular complexity index is 645. The van der Waals surface area contributed by atoms with Crippen LogP contribution < -0.4 is 0 Å². The maximum atomic E-state index is 12.4. The topological polar surface area (TPSA) is 61.5 Å². The summed E-state index contributed by atoms with van der Waals surface area (Å²) in [5.41, 5.74) is 1.45. The highest BCUT2D eigenvalue weighted by atomic mass is 16.5. The minimum atomic E-state index is 0.211. The van der Waals surface area contributed by atoms with Crippen molar-refractivity contribution in [3.63, 3.8) is 0 Å².